The number of benzene rings is 1. The molecule has 5 heteroatoms. The van der Waals surface area contributed by atoms with Gasteiger partial charge in [-0.05, 0) is 43.3 Å². The molecule has 2 N–H and O–H groups in total. The minimum absolute atomic E-state index is 0.0160. The molecule has 116 valence electrons. The van der Waals surface area contributed by atoms with E-state index < -0.39 is 0 Å². The number of nitrogens with zero attached hydrogens (tertiary/aromatic N) is 1. The van der Waals surface area contributed by atoms with Crippen molar-refractivity contribution >= 4 is 11.6 Å². The molecule has 0 radical (unpaired) electrons. The molecule has 1 heterocycles. The summed E-state index contributed by atoms with van der Waals surface area (Å²) in [4.78, 5) is 16.0. The Hall–Kier alpha value is -2.40. The minimum Gasteiger partial charge on any atom is -0.494 e. The van der Waals surface area contributed by atoms with Gasteiger partial charge in [0.15, 0.2) is 0 Å². The Morgan fingerprint density at radius 2 is 2.00 bits per heavy atom. The molecule has 1 amide bonds. The monoisotopic (exact) mass is 299 g/mol. The van der Waals surface area contributed by atoms with Gasteiger partial charge in [-0.3, -0.25) is 9.78 Å². The first-order chi connectivity index (χ1) is 10.8. The third kappa shape index (κ3) is 5.54. The molecule has 0 aliphatic rings. The van der Waals surface area contributed by atoms with E-state index in [0.717, 1.165) is 17.1 Å². The van der Waals surface area contributed by atoms with Gasteiger partial charge in [-0.25, -0.2) is 0 Å². The van der Waals surface area contributed by atoms with Crippen LogP contribution in [0.1, 0.15) is 19.0 Å². The van der Waals surface area contributed by atoms with Crippen molar-refractivity contribution in [2.24, 2.45) is 0 Å². The lowest BCUT2D eigenvalue weighted by Gasteiger charge is -2.08. The summed E-state index contributed by atoms with van der Waals surface area (Å²) in [5.74, 6) is 0.787. The predicted octanol–water partition coefficient (Wildman–Crippen LogP) is 2.60. The van der Waals surface area contributed by atoms with E-state index in [0.29, 0.717) is 26.1 Å². The first-order valence-electron chi connectivity index (χ1n) is 7.41. The summed E-state index contributed by atoms with van der Waals surface area (Å²) in [6, 6.07) is 13.1. The maximum atomic E-state index is 11.8. The number of carbonyl (C=O) groups excluding carboxylic acids is 1. The third-order valence-corrected chi connectivity index (χ3v) is 3.01. The molecular weight excluding hydrogens is 278 g/mol. The van der Waals surface area contributed by atoms with Crippen molar-refractivity contribution in [3.8, 4) is 5.75 Å². The summed E-state index contributed by atoms with van der Waals surface area (Å²) < 4.78 is 5.36. The topological polar surface area (TPSA) is 63.2 Å². The van der Waals surface area contributed by atoms with Crippen LogP contribution in [0.25, 0.3) is 0 Å². The van der Waals surface area contributed by atoms with Crippen molar-refractivity contribution in [2.75, 3.05) is 18.5 Å². The third-order valence-electron chi connectivity index (χ3n) is 3.01. The van der Waals surface area contributed by atoms with E-state index >= 15 is 0 Å². The van der Waals surface area contributed by atoms with E-state index in [1.165, 1.54) is 0 Å². The SMILES string of the molecule is CCOc1ccc(NC(=O)CCNCc2ccccn2)cc1. The van der Waals surface area contributed by atoms with Gasteiger partial charge in [0.05, 0.1) is 12.3 Å². The van der Waals surface area contributed by atoms with Gasteiger partial charge in [0, 0.05) is 31.4 Å². The lowest BCUT2D eigenvalue weighted by molar-refractivity contribution is -0.116. The standard InChI is InChI=1S/C17H21N3O2/c1-2-22-16-8-6-14(7-9-16)20-17(21)10-12-18-13-15-5-3-4-11-19-15/h3-9,11,18H,2,10,12-13H2,1H3,(H,20,21). The van der Waals surface area contributed by atoms with Crippen molar-refractivity contribution in [2.45, 2.75) is 19.9 Å². The smallest absolute Gasteiger partial charge is 0.225 e. The lowest BCUT2D eigenvalue weighted by atomic mass is 10.3. The molecular formula is C17H21N3O2. The van der Waals surface area contributed by atoms with Crippen LogP contribution in [0.3, 0.4) is 0 Å². The highest BCUT2D eigenvalue weighted by Gasteiger charge is 2.02. The molecule has 0 unspecified atom stereocenters. The van der Waals surface area contributed by atoms with E-state index in [-0.39, 0.29) is 5.91 Å². The Labute approximate surface area is 130 Å². The van der Waals surface area contributed by atoms with Crippen LogP contribution in [0, 0.1) is 0 Å². The number of rotatable bonds is 8. The number of pyridine rings is 1. The molecule has 22 heavy (non-hydrogen) atoms. The average Bonchev–Trinajstić information content (AvgIpc) is 2.55. The van der Waals surface area contributed by atoms with Crippen molar-refractivity contribution in [3.05, 3.63) is 54.4 Å². The fourth-order valence-corrected chi connectivity index (χ4v) is 1.95. The summed E-state index contributed by atoms with van der Waals surface area (Å²) in [5.41, 5.74) is 1.74. The van der Waals surface area contributed by atoms with Gasteiger partial charge in [-0.1, -0.05) is 6.07 Å². The highest BCUT2D eigenvalue weighted by Crippen LogP contribution is 2.15. The fourth-order valence-electron chi connectivity index (χ4n) is 1.95. The maximum Gasteiger partial charge on any atom is 0.225 e. The zero-order chi connectivity index (χ0) is 15.6. The normalized spacial score (nSPS) is 10.2. The van der Waals surface area contributed by atoms with E-state index in [9.17, 15) is 4.79 Å². The molecule has 2 aromatic rings. The van der Waals surface area contributed by atoms with Crippen LogP contribution < -0.4 is 15.4 Å². The summed E-state index contributed by atoms with van der Waals surface area (Å²) in [5, 5.41) is 6.06. The van der Waals surface area contributed by atoms with Crippen LogP contribution in [0.5, 0.6) is 5.75 Å². The molecule has 2 rings (SSSR count). The molecule has 0 aliphatic heterocycles. The summed E-state index contributed by atoms with van der Waals surface area (Å²) in [6.45, 7) is 3.85. The van der Waals surface area contributed by atoms with Gasteiger partial charge in [0.25, 0.3) is 0 Å². The molecule has 0 saturated heterocycles. The molecule has 1 aromatic heterocycles. The number of aromatic nitrogens is 1. The maximum absolute atomic E-state index is 11.8. The molecule has 1 aromatic carbocycles. The van der Waals surface area contributed by atoms with Crippen LogP contribution in [0.15, 0.2) is 48.7 Å². The summed E-state index contributed by atoms with van der Waals surface area (Å²) in [6.07, 6.45) is 2.18. The van der Waals surface area contributed by atoms with Crippen LogP contribution in [0.2, 0.25) is 0 Å². The Morgan fingerprint density at radius 3 is 2.68 bits per heavy atom. The van der Waals surface area contributed by atoms with Crippen molar-refractivity contribution in [1.29, 1.82) is 0 Å². The second-order valence-electron chi connectivity index (χ2n) is 4.75. The number of ether oxygens (including phenoxy) is 1. The van der Waals surface area contributed by atoms with E-state index in [1.807, 2.05) is 49.4 Å². The number of nitrogens with one attached hydrogen (secondary N) is 2. The summed E-state index contributed by atoms with van der Waals surface area (Å²) in [7, 11) is 0. The Kier molecular flexibility index (Phi) is 6.39. The summed E-state index contributed by atoms with van der Waals surface area (Å²) >= 11 is 0. The van der Waals surface area contributed by atoms with E-state index in [1.54, 1.807) is 6.20 Å². The number of carbonyl (C=O) groups is 1. The van der Waals surface area contributed by atoms with Crippen LogP contribution >= 0.6 is 0 Å². The van der Waals surface area contributed by atoms with Crippen molar-refractivity contribution in [1.82, 2.24) is 10.3 Å². The number of hydrogen-bond acceptors (Lipinski definition) is 4. The molecule has 0 saturated carbocycles. The number of hydrogen-bond donors (Lipinski definition) is 2. The van der Waals surface area contributed by atoms with Gasteiger partial charge in [-0.15, -0.1) is 0 Å². The highest BCUT2D eigenvalue weighted by atomic mass is 16.5. The van der Waals surface area contributed by atoms with Gasteiger partial charge in [0.1, 0.15) is 5.75 Å². The molecule has 0 spiro atoms. The average molecular weight is 299 g/mol. The van der Waals surface area contributed by atoms with Crippen LogP contribution in [0.4, 0.5) is 5.69 Å². The molecule has 0 bridgehead atoms. The Balaban J connectivity index is 1.67. The first kappa shape index (κ1) is 16.0. The fraction of sp³-hybridized carbons (Fsp3) is 0.294. The zero-order valence-electron chi connectivity index (χ0n) is 12.7. The van der Waals surface area contributed by atoms with Gasteiger partial charge in [0.2, 0.25) is 5.91 Å². The molecule has 0 aliphatic carbocycles. The number of anilines is 1. The van der Waals surface area contributed by atoms with Gasteiger partial charge in [-0.2, -0.15) is 0 Å². The first-order valence-corrected chi connectivity index (χ1v) is 7.41. The molecule has 0 fully saturated rings. The number of amides is 1. The zero-order valence-corrected chi connectivity index (χ0v) is 12.7. The molecule has 0 atom stereocenters. The van der Waals surface area contributed by atoms with Crippen molar-refractivity contribution < 1.29 is 9.53 Å². The van der Waals surface area contributed by atoms with Gasteiger partial charge >= 0.3 is 0 Å². The second-order valence-corrected chi connectivity index (χ2v) is 4.75. The molecule has 5 nitrogen and oxygen atoms in total. The largest absolute Gasteiger partial charge is 0.494 e. The second kappa shape index (κ2) is 8.79. The van der Waals surface area contributed by atoms with E-state index in [4.69, 9.17) is 4.74 Å². The minimum atomic E-state index is -0.0160. The van der Waals surface area contributed by atoms with E-state index in [2.05, 4.69) is 15.6 Å². The van der Waals surface area contributed by atoms with Gasteiger partial charge < -0.3 is 15.4 Å². The Morgan fingerprint density at radius 1 is 1.18 bits per heavy atom. The highest BCUT2D eigenvalue weighted by molar-refractivity contribution is 5.90. The van der Waals surface area contributed by atoms with Crippen LogP contribution in [-0.4, -0.2) is 24.0 Å². The van der Waals surface area contributed by atoms with Crippen molar-refractivity contribution in [3.63, 3.8) is 0 Å². The lowest BCUT2D eigenvalue weighted by Crippen LogP contribution is -2.21. The Bertz CT molecular complexity index is 570. The quantitative estimate of drug-likeness (QED) is 0.735. The predicted molar refractivity (Wildman–Crippen MR) is 86.8 cm³/mol. The van der Waals surface area contributed by atoms with Crippen LogP contribution in [-0.2, 0) is 11.3 Å².